The largest absolute Gasteiger partial charge is 0.304 e. The monoisotopic (exact) mass is 341 g/mol. The molecule has 0 spiro atoms. The van der Waals surface area contributed by atoms with E-state index in [1.54, 1.807) is 0 Å². The number of nitro groups is 1. The van der Waals surface area contributed by atoms with Gasteiger partial charge in [0.05, 0.1) is 14.7 Å². The lowest BCUT2D eigenvalue weighted by molar-refractivity contribution is -0.384. The fourth-order valence-electron chi connectivity index (χ4n) is 2.23. The van der Waals surface area contributed by atoms with Crippen molar-refractivity contribution in [2.75, 3.05) is 25.4 Å². The predicted octanol–water partition coefficient (Wildman–Crippen LogP) is 2.70. The Morgan fingerprint density at radius 3 is 2.26 bits per heavy atom. The second-order valence-corrected chi connectivity index (χ2v) is 7.43. The third kappa shape index (κ3) is 5.72. The maximum Gasteiger partial charge on any atom is 0.269 e. The molecule has 0 bridgehead atoms. The molecule has 1 amide bonds. The van der Waals surface area contributed by atoms with Crippen molar-refractivity contribution in [1.82, 2.24) is 4.90 Å². The summed E-state index contributed by atoms with van der Waals surface area (Å²) in [6, 6.07) is 5.42. The van der Waals surface area contributed by atoms with Crippen molar-refractivity contribution in [3.63, 3.8) is 0 Å². The molecule has 128 valence electrons. The number of amides is 1. The van der Waals surface area contributed by atoms with Crippen molar-refractivity contribution in [1.29, 1.82) is 0 Å². The topological polar surface area (TPSA) is 92.9 Å². The molecule has 0 fully saturated rings. The van der Waals surface area contributed by atoms with Crippen LogP contribution in [0.2, 0.25) is 0 Å². The summed E-state index contributed by atoms with van der Waals surface area (Å²) >= 11 is 0. The van der Waals surface area contributed by atoms with Gasteiger partial charge < -0.3 is 4.90 Å². The fourth-order valence-corrected chi connectivity index (χ4v) is 4.16. The Morgan fingerprint density at radius 2 is 1.83 bits per heavy atom. The number of non-ortho nitro benzene ring substituents is 1. The van der Waals surface area contributed by atoms with Gasteiger partial charge in [0, 0.05) is 29.7 Å². The van der Waals surface area contributed by atoms with Crippen LogP contribution in [0.25, 0.3) is 0 Å². The van der Waals surface area contributed by atoms with Crippen molar-refractivity contribution in [3.8, 4) is 0 Å². The molecule has 1 aromatic carbocycles. The summed E-state index contributed by atoms with van der Waals surface area (Å²) in [5.41, 5.74) is -0.0820. The summed E-state index contributed by atoms with van der Waals surface area (Å²) in [6.07, 6.45) is 0.633. The van der Waals surface area contributed by atoms with Crippen molar-refractivity contribution in [3.05, 3.63) is 34.4 Å². The number of nitro benzene ring substituents is 1. The molecule has 1 rings (SSSR count). The number of rotatable bonds is 8. The van der Waals surface area contributed by atoms with E-state index in [0.29, 0.717) is 11.3 Å². The predicted molar refractivity (Wildman–Crippen MR) is 89.9 cm³/mol. The minimum atomic E-state index is -2.90. The van der Waals surface area contributed by atoms with Crippen molar-refractivity contribution >= 4 is 21.3 Å². The highest BCUT2D eigenvalue weighted by Gasteiger charge is 2.16. The van der Waals surface area contributed by atoms with Gasteiger partial charge in [0.15, 0.2) is 0 Å². The Bertz CT molecular complexity index is 660. The van der Waals surface area contributed by atoms with Gasteiger partial charge in [-0.2, -0.15) is 4.36 Å². The van der Waals surface area contributed by atoms with Gasteiger partial charge in [-0.1, -0.05) is 13.8 Å². The number of hydrogen-bond donors (Lipinski definition) is 0. The van der Waals surface area contributed by atoms with E-state index in [1.165, 1.54) is 31.2 Å². The van der Waals surface area contributed by atoms with Crippen LogP contribution in [-0.2, 0) is 14.5 Å². The molecule has 23 heavy (non-hydrogen) atoms. The number of nitrogens with zero attached hydrogens (tertiary/aromatic N) is 3. The summed E-state index contributed by atoms with van der Waals surface area (Å²) in [5, 5.41) is 10.7. The molecule has 0 aliphatic carbocycles. The molecule has 0 aliphatic rings. The summed E-state index contributed by atoms with van der Waals surface area (Å²) < 4.78 is 16.9. The summed E-state index contributed by atoms with van der Waals surface area (Å²) in [4.78, 5) is 24.1. The number of hydrogen-bond acceptors (Lipinski definition) is 5. The van der Waals surface area contributed by atoms with Crippen LogP contribution in [0.4, 0.5) is 5.69 Å². The van der Waals surface area contributed by atoms with E-state index in [1.807, 2.05) is 0 Å². The van der Waals surface area contributed by atoms with Crippen LogP contribution in [-0.4, -0.2) is 45.3 Å². The van der Waals surface area contributed by atoms with E-state index in [0.717, 1.165) is 19.6 Å². The molecular formula is C15H23N3O4S. The van der Waals surface area contributed by atoms with Gasteiger partial charge in [-0.15, -0.1) is 0 Å². The van der Waals surface area contributed by atoms with E-state index in [-0.39, 0.29) is 11.4 Å². The molecule has 0 aliphatic heterocycles. The third-order valence-electron chi connectivity index (χ3n) is 3.48. The molecule has 7 nitrogen and oxygen atoms in total. The molecule has 0 aromatic heterocycles. The molecule has 1 unspecified atom stereocenters. The van der Waals surface area contributed by atoms with Crippen molar-refractivity contribution in [2.45, 2.75) is 32.1 Å². The minimum absolute atomic E-state index is 0.0820. The minimum Gasteiger partial charge on any atom is -0.304 e. The zero-order valence-corrected chi connectivity index (χ0v) is 14.5. The molecule has 8 heteroatoms. The Balaban J connectivity index is 3.01. The average Bonchev–Trinajstić information content (AvgIpc) is 2.51. The second-order valence-electron chi connectivity index (χ2n) is 5.09. The van der Waals surface area contributed by atoms with Crippen LogP contribution < -0.4 is 0 Å². The van der Waals surface area contributed by atoms with Crippen LogP contribution in [0.1, 0.15) is 27.2 Å². The van der Waals surface area contributed by atoms with Crippen LogP contribution in [0.15, 0.2) is 33.5 Å². The Labute approximate surface area is 137 Å². The first-order chi connectivity index (χ1) is 10.8. The highest BCUT2D eigenvalue weighted by Crippen LogP contribution is 2.20. The van der Waals surface area contributed by atoms with Crippen LogP contribution in [0.3, 0.4) is 0 Å². The van der Waals surface area contributed by atoms with Gasteiger partial charge >= 0.3 is 0 Å². The first kappa shape index (κ1) is 19.2. The van der Waals surface area contributed by atoms with Gasteiger partial charge in [0.2, 0.25) is 0 Å². The number of carbonyl (C=O) groups excluding carboxylic acids is 1. The Hall–Kier alpha value is -1.80. The smallest absolute Gasteiger partial charge is 0.269 e. The van der Waals surface area contributed by atoms with E-state index in [2.05, 4.69) is 23.1 Å². The normalized spacial score (nSPS) is 13.6. The Kier molecular flexibility index (Phi) is 7.31. The number of carbonyl (C=O) groups is 1. The maximum atomic E-state index is 13.1. The van der Waals surface area contributed by atoms with E-state index in [4.69, 9.17) is 0 Å². The molecular weight excluding hydrogens is 318 g/mol. The van der Waals surface area contributed by atoms with Crippen LogP contribution in [0.5, 0.6) is 0 Å². The van der Waals surface area contributed by atoms with E-state index >= 15 is 0 Å². The lowest BCUT2D eigenvalue weighted by atomic mass is 10.3. The van der Waals surface area contributed by atoms with E-state index in [9.17, 15) is 19.1 Å². The quantitative estimate of drug-likeness (QED) is 0.535. The highest BCUT2D eigenvalue weighted by molar-refractivity contribution is 7.94. The van der Waals surface area contributed by atoms with Gasteiger partial charge in [0.25, 0.3) is 11.6 Å². The molecule has 1 aromatic rings. The third-order valence-corrected chi connectivity index (χ3v) is 5.88. The maximum absolute atomic E-state index is 13.1. The summed E-state index contributed by atoms with van der Waals surface area (Å²) in [7, 11) is -2.90. The summed E-state index contributed by atoms with van der Waals surface area (Å²) in [6.45, 7) is 7.94. The number of benzene rings is 1. The molecule has 0 radical (unpaired) electrons. The standard InChI is InChI=1S/C15H23N3O4S/c1-4-17(5-2)11-6-12-23(22,16-13(3)19)15-9-7-14(8-10-15)18(20)21/h7-10H,4-6,11-12H2,1-3H3. The zero-order valence-electron chi connectivity index (χ0n) is 13.7. The second kappa shape index (κ2) is 8.73. The SMILES string of the molecule is CCN(CC)CCCS(=O)(=NC(C)=O)c1ccc([N+](=O)[O-])cc1. The van der Waals surface area contributed by atoms with Gasteiger partial charge in [-0.3, -0.25) is 14.9 Å². The first-order valence-electron chi connectivity index (χ1n) is 7.54. The molecule has 1 atom stereocenters. The fraction of sp³-hybridized carbons (Fsp3) is 0.533. The molecule has 0 N–H and O–H groups in total. The zero-order chi connectivity index (χ0) is 17.5. The van der Waals surface area contributed by atoms with Gasteiger partial charge in [-0.05, 0) is 38.2 Å². The van der Waals surface area contributed by atoms with Crippen LogP contribution in [0, 0.1) is 10.1 Å². The lowest BCUT2D eigenvalue weighted by Gasteiger charge is -2.18. The lowest BCUT2D eigenvalue weighted by Crippen LogP contribution is -2.25. The van der Waals surface area contributed by atoms with Gasteiger partial charge in [-0.25, -0.2) is 4.21 Å². The molecule has 0 saturated heterocycles. The molecule has 0 saturated carbocycles. The first-order valence-corrected chi connectivity index (χ1v) is 9.23. The molecule has 0 heterocycles. The van der Waals surface area contributed by atoms with E-state index < -0.39 is 20.6 Å². The van der Waals surface area contributed by atoms with Crippen molar-refractivity contribution < 1.29 is 13.9 Å². The highest BCUT2D eigenvalue weighted by atomic mass is 32.2. The summed E-state index contributed by atoms with van der Waals surface area (Å²) in [5.74, 6) is -0.253. The van der Waals surface area contributed by atoms with Crippen LogP contribution >= 0.6 is 0 Å². The Morgan fingerprint density at radius 1 is 1.26 bits per heavy atom. The average molecular weight is 341 g/mol. The van der Waals surface area contributed by atoms with Gasteiger partial charge in [0.1, 0.15) is 0 Å². The van der Waals surface area contributed by atoms with Crippen molar-refractivity contribution in [2.24, 2.45) is 4.36 Å².